The first kappa shape index (κ1) is 11.1. The van der Waals surface area contributed by atoms with E-state index >= 15 is 0 Å². The third kappa shape index (κ3) is 1.67. The molecule has 0 aliphatic heterocycles. The predicted molar refractivity (Wildman–Crippen MR) is 79.3 cm³/mol. The fraction of sp³-hybridized carbons (Fsp3) is 0. The normalized spacial score (nSPS) is 11.4. The summed E-state index contributed by atoms with van der Waals surface area (Å²) in [5.74, 6) is 0. The lowest BCUT2D eigenvalue weighted by Gasteiger charge is -2.04. The monoisotopic (exact) mass is 330 g/mol. The zero-order chi connectivity index (χ0) is 12.8. The molecule has 0 aliphatic rings. The topological polar surface area (TPSA) is 43.1 Å². The van der Waals surface area contributed by atoms with E-state index in [1.165, 1.54) is 10.8 Å². The fourth-order valence-corrected chi connectivity index (χ4v) is 3.48. The van der Waals surface area contributed by atoms with E-state index in [2.05, 4.69) is 49.4 Å². The van der Waals surface area contributed by atoms with E-state index in [0.29, 0.717) is 0 Å². The number of aromatic nitrogens is 4. The average molecular weight is 331 g/mol. The molecule has 4 aromatic rings. The lowest BCUT2D eigenvalue weighted by Crippen LogP contribution is -1.84. The van der Waals surface area contributed by atoms with Crippen LogP contribution in [0.15, 0.2) is 47.2 Å². The van der Waals surface area contributed by atoms with Gasteiger partial charge in [-0.2, -0.15) is 9.61 Å². The van der Waals surface area contributed by atoms with E-state index in [-0.39, 0.29) is 0 Å². The zero-order valence-electron chi connectivity index (χ0n) is 9.62. The molecule has 0 bridgehead atoms. The number of benzene rings is 2. The summed E-state index contributed by atoms with van der Waals surface area (Å²) >= 11 is 5.13. The van der Waals surface area contributed by atoms with Crippen LogP contribution in [-0.2, 0) is 0 Å². The Bertz CT molecular complexity index is 867. The van der Waals surface area contributed by atoms with Crippen LogP contribution >= 0.6 is 27.3 Å². The molecule has 0 saturated carbocycles. The first-order chi connectivity index (χ1) is 9.33. The predicted octanol–water partition coefficient (Wildman–Crippen LogP) is 3.77. The summed E-state index contributed by atoms with van der Waals surface area (Å²) in [4.78, 5) is 0.807. The molecule has 0 aliphatic carbocycles. The maximum absolute atomic E-state index is 4.52. The van der Waals surface area contributed by atoms with Crippen molar-refractivity contribution in [2.24, 2.45) is 0 Å². The Morgan fingerprint density at radius 2 is 1.89 bits per heavy atom. The van der Waals surface area contributed by atoms with Crippen molar-refractivity contribution in [3.05, 3.63) is 47.2 Å². The van der Waals surface area contributed by atoms with Gasteiger partial charge in [0.1, 0.15) is 11.3 Å². The number of rotatable bonds is 1. The number of fused-ring (bicyclic) bond motifs is 2. The van der Waals surface area contributed by atoms with Crippen LogP contribution in [-0.4, -0.2) is 19.8 Å². The van der Waals surface area contributed by atoms with E-state index < -0.39 is 0 Å². The lowest BCUT2D eigenvalue weighted by atomic mass is 10.1. The highest BCUT2D eigenvalue weighted by Crippen LogP contribution is 2.34. The van der Waals surface area contributed by atoms with Crippen molar-refractivity contribution in [3.63, 3.8) is 0 Å². The lowest BCUT2D eigenvalue weighted by molar-refractivity contribution is 0.960. The molecule has 2 aromatic heterocycles. The van der Waals surface area contributed by atoms with Crippen molar-refractivity contribution < 1.29 is 0 Å². The van der Waals surface area contributed by atoms with Gasteiger partial charge in [-0.25, -0.2) is 0 Å². The molecule has 0 spiro atoms. The van der Waals surface area contributed by atoms with Gasteiger partial charge >= 0.3 is 0 Å². The fourth-order valence-electron chi connectivity index (χ4n) is 2.13. The average Bonchev–Trinajstić information content (AvgIpc) is 2.99. The molecular formula is C13H7BrN4S. The van der Waals surface area contributed by atoms with Crippen molar-refractivity contribution in [2.75, 3.05) is 0 Å². The quantitative estimate of drug-likeness (QED) is 0.533. The Kier molecular flexibility index (Phi) is 2.39. The van der Waals surface area contributed by atoms with Crippen LogP contribution in [0.25, 0.3) is 26.3 Å². The van der Waals surface area contributed by atoms with Gasteiger partial charge < -0.3 is 0 Å². The van der Waals surface area contributed by atoms with E-state index in [9.17, 15) is 0 Å². The minimum atomic E-state index is 0.807. The summed E-state index contributed by atoms with van der Waals surface area (Å²) in [6.07, 6.45) is 1.62. The third-order valence-corrected chi connectivity index (χ3v) is 4.62. The number of hydrogen-bond acceptors (Lipinski definition) is 4. The highest BCUT2D eigenvalue weighted by molar-refractivity contribution is 9.10. The number of nitrogens with zero attached hydrogens (tertiary/aromatic N) is 4. The number of hydrogen-bond donors (Lipinski definition) is 0. The Labute approximate surface area is 120 Å². The third-order valence-electron chi connectivity index (χ3n) is 2.99. The van der Waals surface area contributed by atoms with Gasteiger partial charge in [-0.3, -0.25) is 0 Å². The molecule has 0 unspecified atom stereocenters. The summed E-state index contributed by atoms with van der Waals surface area (Å²) in [6.45, 7) is 0. The molecule has 6 heteroatoms. The largest absolute Gasteiger partial charge is 0.234 e. The first-order valence-corrected chi connectivity index (χ1v) is 7.28. The molecule has 0 saturated heterocycles. The van der Waals surface area contributed by atoms with Crippen molar-refractivity contribution in [2.45, 2.75) is 0 Å². The van der Waals surface area contributed by atoms with Gasteiger partial charge in [0.2, 0.25) is 4.96 Å². The summed E-state index contributed by atoms with van der Waals surface area (Å²) in [5.41, 5.74) is 1.12. The molecule has 2 heterocycles. The maximum atomic E-state index is 4.52. The van der Waals surface area contributed by atoms with Crippen molar-refractivity contribution in [1.29, 1.82) is 0 Å². The minimum absolute atomic E-state index is 0.807. The van der Waals surface area contributed by atoms with Crippen LogP contribution < -0.4 is 0 Å². The smallest absolute Gasteiger partial charge is 0.190 e. The second kappa shape index (κ2) is 4.11. The molecule has 92 valence electrons. The first-order valence-electron chi connectivity index (χ1n) is 5.67. The van der Waals surface area contributed by atoms with Gasteiger partial charge in [0, 0.05) is 10.0 Å². The molecule has 2 aromatic carbocycles. The SMILES string of the molecule is Brc1cccc2c(-c3nn4cnnc4s3)cccc12. The molecule has 0 fully saturated rings. The highest BCUT2D eigenvalue weighted by Gasteiger charge is 2.11. The summed E-state index contributed by atoms with van der Waals surface area (Å²) < 4.78 is 2.80. The van der Waals surface area contributed by atoms with Gasteiger partial charge in [0.05, 0.1) is 0 Å². The Morgan fingerprint density at radius 1 is 1.05 bits per heavy atom. The van der Waals surface area contributed by atoms with Crippen LogP contribution in [0.3, 0.4) is 0 Å². The molecule has 4 nitrogen and oxygen atoms in total. The van der Waals surface area contributed by atoms with E-state index in [1.807, 2.05) is 18.2 Å². The standard InChI is InChI=1S/C13H7BrN4S/c14-11-6-2-3-8-9(11)4-1-5-10(8)12-17-18-7-15-16-13(18)19-12/h1-7H. The van der Waals surface area contributed by atoms with Crippen LogP contribution in [0.1, 0.15) is 0 Å². The summed E-state index contributed by atoms with van der Waals surface area (Å²) in [6, 6.07) is 12.4. The Hall–Kier alpha value is -1.79. The van der Waals surface area contributed by atoms with Crippen LogP contribution in [0.2, 0.25) is 0 Å². The van der Waals surface area contributed by atoms with Gasteiger partial charge in [-0.15, -0.1) is 10.2 Å². The van der Waals surface area contributed by atoms with Crippen molar-refractivity contribution in [1.82, 2.24) is 19.8 Å². The summed E-state index contributed by atoms with van der Waals surface area (Å²) in [7, 11) is 0. The van der Waals surface area contributed by atoms with E-state index in [4.69, 9.17) is 0 Å². The molecular weight excluding hydrogens is 324 g/mol. The molecule has 19 heavy (non-hydrogen) atoms. The molecule has 4 rings (SSSR count). The zero-order valence-corrected chi connectivity index (χ0v) is 12.0. The van der Waals surface area contributed by atoms with Crippen LogP contribution in [0, 0.1) is 0 Å². The highest BCUT2D eigenvalue weighted by atomic mass is 79.9. The molecule has 0 amide bonds. The summed E-state index contributed by atoms with van der Waals surface area (Å²) in [5, 5.41) is 15.7. The maximum Gasteiger partial charge on any atom is 0.234 e. The van der Waals surface area contributed by atoms with Crippen molar-refractivity contribution >= 4 is 43.0 Å². The second-order valence-corrected chi connectivity index (χ2v) is 5.92. The van der Waals surface area contributed by atoms with Gasteiger partial charge in [0.15, 0.2) is 0 Å². The van der Waals surface area contributed by atoms with Crippen LogP contribution in [0.5, 0.6) is 0 Å². The Morgan fingerprint density at radius 3 is 2.79 bits per heavy atom. The van der Waals surface area contributed by atoms with Crippen LogP contribution in [0.4, 0.5) is 0 Å². The van der Waals surface area contributed by atoms with Crippen molar-refractivity contribution in [3.8, 4) is 10.6 Å². The molecule has 0 atom stereocenters. The second-order valence-electron chi connectivity index (χ2n) is 4.11. The minimum Gasteiger partial charge on any atom is -0.190 e. The number of halogens is 1. The van der Waals surface area contributed by atoms with E-state index in [1.54, 1.807) is 22.2 Å². The molecule has 0 radical (unpaired) electrons. The van der Waals surface area contributed by atoms with E-state index in [0.717, 1.165) is 20.0 Å². The van der Waals surface area contributed by atoms with Gasteiger partial charge in [0.25, 0.3) is 0 Å². The molecule has 0 N–H and O–H groups in total. The van der Waals surface area contributed by atoms with Gasteiger partial charge in [-0.1, -0.05) is 57.6 Å². The Balaban J connectivity index is 2.05. The van der Waals surface area contributed by atoms with Gasteiger partial charge in [-0.05, 0) is 16.8 Å².